The van der Waals surface area contributed by atoms with Gasteiger partial charge < -0.3 is 34.2 Å². The fourth-order valence-corrected chi connectivity index (χ4v) is 8.54. The molecule has 4 aromatic rings. The van der Waals surface area contributed by atoms with E-state index in [0.717, 1.165) is 30.6 Å². The fraction of sp³-hybridized carbons (Fsp3) is 0.351. The number of hydrogen-bond acceptors (Lipinski definition) is 13. The Labute approximate surface area is 325 Å². The average Bonchev–Trinajstić information content (AvgIpc) is 3.92. The number of likely N-dealkylation sites (N-methyl/N-ethyl adjacent to an activating group) is 2. The van der Waals surface area contributed by atoms with Crippen LogP contribution < -0.4 is 14.9 Å². The molecule has 0 spiro atoms. The zero-order chi connectivity index (χ0) is 37.9. The van der Waals surface area contributed by atoms with E-state index in [-0.39, 0.29) is 69.0 Å². The van der Waals surface area contributed by atoms with Crippen LogP contribution in [0, 0.1) is 0 Å². The van der Waals surface area contributed by atoms with Gasteiger partial charge in [-0.1, -0.05) is 6.07 Å². The highest BCUT2D eigenvalue weighted by Crippen LogP contribution is 2.48. The summed E-state index contributed by atoms with van der Waals surface area (Å²) in [6.45, 7) is 1.45. The molecule has 12 nitrogen and oxygen atoms in total. The summed E-state index contributed by atoms with van der Waals surface area (Å²) >= 11 is 6.51. The maximum absolute atomic E-state index is 13.1. The number of hydrogen-bond donors (Lipinski definition) is 1. The van der Waals surface area contributed by atoms with E-state index in [9.17, 15) is 19.2 Å². The molecule has 2 bridgehead atoms. The van der Waals surface area contributed by atoms with E-state index in [1.165, 1.54) is 19.7 Å². The number of thiophene rings is 3. The zero-order valence-corrected chi connectivity index (χ0v) is 33.4. The van der Waals surface area contributed by atoms with Crippen LogP contribution in [0.15, 0.2) is 65.5 Å². The Bertz CT molecular complexity index is 1900. The standard InChI is InChI=1S/C37H42N4O8S4/c1-24-30-8-9-32(52-30)27-17-28(48-23-38-35(43)20-47-22-37(45)40(4)5)26(31-10-11-34(53-31)33-7-6-15-51-33)18-29(27)49-41(13-16-50-24)19-25(42)12-14-46-21-36(44)39(2)3/h6-11,13,15-18,24H,12,14,19-23H2,1-5H3,(H,38,43). The van der Waals surface area contributed by atoms with Crippen LogP contribution in [0.4, 0.5) is 0 Å². The summed E-state index contributed by atoms with van der Waals surface area (Å²) < 4.78 is 17.0. The summed E-state index contributed by atoms with van der Waals surface area (Å²) in [5.74, 6) is 0.0676. The molecule has 3 aromatic heterocycles. The van der Waals surface area contributed by atoms with Crippen molar-refractivity contribution in [2.75, 3.05) is 67.9 Å². The third kappa shape index (κ3) is 11.4. The molecule has 1 atom stereocenters. The monoisotopic (exact) mass is 798 g/mol. The summed E-state index contributed by atoms with van der Waals surface area (Å²) in [4.78, 5) is 64.0. The Morgan fingerprint density at radius 2 is 1.57 bits per heavy atom. The van der Waals surface area contributed by atoms with Gasteiger partial charge in [-0.2, -0.15) is 0 Å². The van der Waals surface area contributed by atoms with Crippen molar-refractivity contribution in [3.63, 3.8) is 0 Å². The van der Waals surface area contributed by atoms with Crippen LogP contribution >= 0.6 is 45.8 Å². The first-order valence-electron chi connectivity index (χ1n) is 16.6. The van der Waals surface area contributed by atoms with Crippen LogP contribution in [0.1, 0.15) is 23.5 Å². The van der Waals surface area contributed by atoms with Crippen LogP contribution in [-0.2, 0) is 28.7 Å². The zero-order valence-electron chi connectivity index (χ0n) is 30.1. The van der Waals surface area contributed by atoms with Gasteiger partial charge in [-0.3, -0.25) is 19.2 Å². The highest BCUT2D eigenvalue weighted by Gasteiger charge is 2.23. The Morgan fingerprint density at radius 3 is 2.30 bits per heavy atom. The number of fused-ring (bicyclic) bond motifs is 4. The molecule has 0 saturated carbocycles. The second-order valence-corrected chi connectivity index (χ2v) is 16.6. The van der Waals surface area contributed by atoms with E-state index >= 15 is 0 Å². The lowest BCUT2D eigenvalue weighted by atomic mass is 10.1. The molecule has 1 aliphatic heterocycles. The molecule has 1 aliphatic rings. The molecule has 4 heterocycles. The lowest BCUT2D eigenvalue weighted by molar-refractivity contribution is -0.136. The molecule has 1 unspecified atom stereocenters. The summed E-state index contributed by atoms with van der Waals surface area (Å²) in [6.07, 6.45) is 1.87. The Hall–Kier alpha value is -4.19. The molecule has 0 aliphatic carbocycles. The van der Waals surface area contributed by atoms with Gasteiger partial charge in [0.2, 0.25) is 17.7 Å². The number of benzene rings is 1. The molecular weight excluding hydrogens is 757 g/mol. The van der Waals surface area contributed by atoms with Crippen molar-refractivity contribution in [3.05, 3.63) is 70.4 Å². The van der Waals surface area contributed by atoms with Crippen molar-refractivity contribution in [3.8, 4) is 42.1 Å². The predicted molar refractivity (Wildman–Crippen MR) is 211 cm³/mol. The van der Waals surface area contributed by atoms with Gasteiger partial charge in [0.15, 0.2) is 18.3 Å². The number of hydroxylamine groups is 2. The minimum Gasteiger partial charge on any atom is -0.473 e. The molecule has 0 radical (unpaired) electrons. The van der Waals surface area contributed by atoms with E-state index in [2.05, 4.69) is 30.4 Å². The van der Waals surface area contributed by atoms with Crippen molar-refractivity contribution >= 4 is 69.3 Å². The lowest BCUT2D eigenvalue weighted by Crippen LogP contribution is -2.33. The summed E-state index contributed by atoms with van der Waals surface area (Å²) in [6, 6.07) is 16.1. The number of carbonyl (C=O) groups excluding carboxylic acids is 4. The lowest BCUT2D eigenvalue weighted by Gasteiger charge is -2.23. The average molecular weight is 799 g/mol. The highest BCUT2D eigenvalue weighted by molar-refractivity contribution is 8.02. The number of carbonyl (C=O) groups is 4. The number of ketones is 1. The van der Waals surface area contributed by atoms with Crippen LogP contribution in [0.5, 0.6) is 11.5 Å². The number of nitrogens with one attached hydrogen (secondary N) is 1. The van der Waals surface area contributed by atoms with Crippen LogP contribution in [0.25, 0.3) is 30.6 Å². The second kappa shape index (κ2) is 19.2. The molecule has 0 saturated heterocycles. The maximum Gasteiger partial charge on any atom is 0.248 e. The molecular formula is C37H42N4O8S4. The molecule has 16 heteroatoms. The number of nitrogens with zero attached hydrogens (tertiary/aromatic N) is 3. The summed E-state index contributed by atoms with van der Waals surface area (Å²) in [5, 5.41) is 8.33. The van der Waals surface area contributed by atoms with Crippen LogP contribution in [-0.4, -0.2) is 106 Å². The molecule has 53 heavy (non-hydrogen) atoms. The Morgan fingerprint density at radius 1 is 0.849 bits per heavy atom. The SMILES string of the molecule is CC1SC=CN(CC(=O)CCOCC(=O)N(C)C)Oc2cc(-c3ccc(-c4cccs4)s3)c(OCNC(=O)COCC(=O)N(C)C)cc2-c2ccc1s2. The molecule has 0 fully saturated rings. The normalized spacial score (nSPS) is 13.8. The van der Waals surface area contributed by atoms with E-state index in [1.54, 1.807) is 80.2 Å². The van der Waals surface area contributed by atoms with Gasteiger partial charge in [-0.05, 0) is 60.2 Å². The number of ether oxygens (including phenoxy) is 3. The van der Waals surface area contributed by atoms with Crippen molar-refractivity contribution in [2.45, 2.75) is 18.6 Å². The molecule has 3 amide bonds. The molecule has 1 N–H and O–H groups in total. The number of Topliss-reactive ketones (excluding diaryl/α,β-unsaturated/α-hetero) is 1. The van der Waals surface area contributed by atoms with Crippen molar-refractivity contribution in [2.24, 2.45) is 0 Å². The minimum absolute atomic E-state index is 0.0475. The van der Waals surface area contributed by atoms with Crippen molar-refractivity contribution in [1.29, 1.82) is 0 Å². The third-order valence-corrected chi connectivity index (χ3v) is 12.3. The quantitative estimate of drug-likeness (QED) is 0.101. The van der Waals surface area contributed by atoms with Gasteiger partial charge in [-0.25, -0.2) is 5.06 Å². The first-order valence-corrected chi connectivity index (χ1v) is 20.1. The van der Waals surface area contributed by atoms with Gasteiger partial charge >= 0.3 is 0 Å². The highest BCUT2D eigenvalue weighted by atomic mass is 32.2. The van der Waals surface area contributed by atoms with Gasteiger partial charge in [0.1, 0.15) is 32.1 Å². The molecule has 282 valence electrons. The van der Waals surface area contributed by atoms with Gasteiger partial charge in [0.05, 0.1) is 6.61 Å². The summed E-state index contributed by atoms with van der Waals surface area (Å²) in [7, 11) is 6.54. The van der Waals surface area contributed by atoms with Gasteiger partial charge in [0, 0.05) is 81.6 Å². The first-order chi connectivity index (χ1) is 25.5. The molecule has 1 aromatic carbocycles. The van der Waals surface area contributed by atoms with Crippen LogP contribution in [0.3, 0.4) is 0 Å². The van der Waals surface area contributed by atoms with E-state index < -0.39 is 5.91 Å². The summed E-state index contributed by atoms with van der Waals surface area (Å²) in [5.41, 5.74) is 1.49. The van der Waals surface area contributed by atoms with E-state index in [0.29, 0.717) is 11.5 Å². The van der Waals surface area contributed by atoms with E-state index in [4.69, 9.17) is 19.0 Å². The number of rotatable bonds is 16. The number of amides is 3. The maximum atomic E-state index is 13.1. The van der Waals surface area contributed by atoms with Crippen molar-refractivity contribution < 1.29 is 38.2 Å². The first kappa shape index (κ1) is 40.0. The topological polar surface area (TPSA) is 127 Å². The van der Waals surface area contributed by atoms with Gasteiger partial charge in [-0.15, -0.1) is 45.8 Å². The molecule has 5 rings (SSSR count). The second-order valence-electron chi connectivity index (χ2n) is 12.2. The largest absolute Gasteiger partial charge is 0.473 e. The van der Waals surface area contributed by atoms with Crippen molar-refractivity contribution in [1.82, 2.24) is 20.2 Å². The third-order valence-electron chi connectivity index (χ3n) is 7.77. The van der Waals surface area contributed by atoms with E-state index in [1.807, 2.05) is 41.1 Å². The predicted octanol–water partition coefficient (Wildman–Crippen LogP) is 6.37. The fourth-order valence-electron chi connectivity index (χ4n) is 4.75. The number of thioether (sulfide) groups is 1. The van der Waals surface area contributed by atoms with Crippen LogP contribution in [0.2, 0.25) is 0 Å². The van der Waals surface area contributed by atoms with Gasteiger partial charge in [0.25, 0.3) is 0 Å². The minimum atomic E-state index is -0.427. The Balaban J connectivity index is 1.42. The smallest absolute Gasteiger partial charge is 0.248 e. The Kier molecular flexibility index (Phi) is 14.5.